The Hall–Kier alpha value is -2.06. The van der Waals surface area contributed by atoms with Gasteiger partial charge in [-0.25, -0.2) is 9.78 Å². The van der Waals surface area contributed by atoms with E-state index in [1.54, 1.807) is 17.8 Å². The zero-order valence-electron chi connectivity index (χ0n) is 15.6. The lowest BCUT2D eigenvalue weighted by molar-refractivity contribution is 0.563. The quantitative estimate of drug-likeness (QED) is 0.191. The second-order valence-corrected chi connectivity index (χ2v) is 9.18. The van der Waals surface area contributed by atoms with Crippen LogP contribution in [0.2, 0.25) is 0 Å². The van der Waals surface area contributed by atoms with E-state index >= 15 is 0 Å². The first-order chi connectivity index (χ1) is 13.5. The normalized spacial score (nSPS) is 11.4. The van der Waals surface area contributed by atoms with Gasteiger partial charge in [0.25, 0.3) is 0 Å². The summed E-state index contributed by atoms with van der Waals surface area (Å²) in [6.07, 6.45) is 1.92. The fourth-order valence-corrected chi connectivity index (χ4v) is 4.17. The summed E-state index contributed by atoms with van der Waals surface area (Å²) < 4.78 is 8.73. The van der Waals surface area contributed by atoms with Crippen LogP contribution in [-0.2, 0) is 0 Å². The summed E-state index contributed by atoms with van der Waals surface area (Å²) >= 11 is 3.99. The van der Waals surface area contributed by atoms with Crippen molar-refractivity contribution >= 4 is 45.3 Å². The number of para-hydroxylation sites is 1. The number of thioether (sulfide) groups is 1. The van der Waals surface area contributed by atoms with Gasteiger partial charge in [0.1, 0.15) is 5.58 Å². The molecule has 0 N–H and O–H groups in total. The van der Waals surface area contributed by atoms with E-state index < -0.39 is 0 Å². The molecular weight excluding hydrogens is 483 g/mol. The van der Waals surface area contributed by atoms with Crippen molar-refractivity contribution in [3.8, 4) is 16.9 Å². The van der Waals surface area contributed by atoms with E-state index in [9.17, 15) is 4.79 Å². The molecule has 0 unspecified atom stereocenters. The van der Waals surface area contributed by atoms with Crippen LogP contribution in [0.5, 0.6) is 0 Å². The highest BCUT2D eigenvalue weighted by Gasteiger charge is 2.16. The average molecular weight is 502 g/mol. The van der Waals surface area contributed by atoms with Gasteiger partial charge in [0.15, 0.2) is 5.16 Å². The molecule has 4 nitrogen and oxygen atoms in total. The van der Waals surface area contributed by atoms with Crippen LogP contribution in [0.15, 0.2) is 75.2 Å². The Morgan fingerprint density at radius 1 is 1.14 bits per heavy atom. The first-order valence-corrected chi connectivity index (χ1v) is 11.1. The molecule has 2 aromatic carbocycles. The molecule has 0 bridgehead atoms. The van der Waals surface area contributed by atoms with Crippen molar-refractivity contribution in [3.63, 3.8) is 0 Å². The van der Waals surface area contributed by atoms with Gasteiger partial charge in [-0.15, -0.1) is 0 Å². The third-order valence-corrected chi connectivity index (χ3v) is 6.34. The number of rotatable bonds is 5. The highest BCUT2D eigenvalue weighted by molar-refractivity contribution is 14.1. The largest absolute Gasteiger partial charge is 0.422 e. The number of nitrogens with zero attached hydrogens (tertiary/aromatic N) is 2. The number of halogens is 1. The molecule has 0 aliphatic carbocycles. The number of hydrogen-bond donors (Lipinski definition) is 0. The average Bonchev–Trinajstić information content (AvgIpc) is 3.10. The molecule has 0 spiro atoms. The monoisotopic (exact) mass is 502 g/mol. The maximum absolute atomic E-state index is 12.6. The Balaban J connectivity index is 1.84. The molecule has 0 saturated carbocycles. The van der Waals surface area contributed by atoms with E-state index in [1.807, 2.05) is 35.0 Å². The van der Waals surface area contributed by atoms with E-state index in [4.69, 9.17) is 9.40 Å². The SMILES string of the molecule is CC(C)CSc1nc(-c2cc3ccccc3oc2=O)cn1-c1ccc(I)cc1. The van der Waals surface area contributed by atoms with Gasteiger partial charge >= 0.3 is 5.63 Å². The van der Waals surface area contributed by atoms with E-state index in [1.165, 1.54) is 3.57 Å². The molecule has 0 aliphatic rings. The minimum atomic E-state index is -0.369. The lowest BCUT2D eigenvalue weighted by Gasteiger charge is -2.08. The third-order valence-electron chi connectivity index (χ3n) is 4.24. The number of imidazole rings is 1. The minimum absolute atomic E-state index is 0.369. The second-order valence-electron chi connectivity index (χ2n) is 6.95. The summed E-state index contributed by atoms with van der Waals surface area (Å²) in [5.74, 6) is 1.49. The lowest BCUT2D eigenvalue weighted by atomic mass is 10.1. The van der Waals surface area contributed by atoms with Gasteiger partial charge in [0, 0.05) is 26.6 Å². The predicted octanol–water partition coefficient (Wildman–Crippen LogP) is 6.00. The van der Waals surface area contributed by atoms with Gasteiger partial charge in [0.05, 0.1) is 11.3 Å². The summed E-state index contributed by atoms with van der Waals surface area (Å²) in [7, 11) is 0. The van der Waals surface area contributed by atoms with E-state index in [0.717, 1.165) is 22.0 Å². The van der Waals surface area contributed by atoms with Gasteiger partial charge in [0.2, 0.25) is 0 Å². The van der Waals surface area contributed by atoms with Crippen molar-refractivity contribution in [1.82, 2.24) is 9.55 Å². The van der Waals surface area contributed by atoms with Crippen molar-refractivity contribution in [3.05, 3.63) is 74.8 Å². The van der Waals surface area contributed by atoms with Crippen LogP contribution in [0.3, 0.4) is 0 Å². The van der Waals surface area contributed by atoms with Crippen LogP contribution in [0.25, 0.3) is 27.9 Å². The number of aromatic nitrogens is 2. The Morgan fingerprint density at radius 2 is 1.89 bits per heavy atom. The summed E-state index contributed by atoms with van der Waals surface area (Å²) in [6.45, 7) is 4.37. The van der Waals surface area contributed by atoms with Crippen molar-refractivity contribution in [2.24, 2.45) is 5.92 Å². The molecule has 2 heterocycles. The molecule has 142 valence electrons. The fourth-order valence-electron chi connectivity index (χ4n) is 2.86. The highest BCUT2D eigenvalue weighted by atomic mass is 127. The molecule has 0 amide bonds. The summed E-state index contributed by atoms with van der Waals surface area (Å²) in [5.41, 5.74) is 2.35. The smallest absolute Gasteiger partial charge is 0.345 e. The number of hydrogen-bond acceptors (Lipinski definition) is 4. The molecule has 0 atom stereocenters. The van der Waals surface area contributed by atoms with Crippen LogP contribution in [0.1, 0.15) is 13.8 Å². The maximum atomic E-state index is 12.6. The molecule has 0 fully saturated rings. The standard InChI is InChI=1S/C22H19IN2O2S/c1-14(2)13-28-22-24-19(12-25(22)17-9-7-16(23)8-10-17)18-11-15-5-3-4-6-20(15)27-21(18)26/h3-12,14H,13H2,1-2H3. The van der Waals surface area contributed by atoms with Gasteiger partial charge in [-0.1, -0.05) is 43.8 Å². The molecule has 0 radical (unpaired) electrons. The molecular formula is C22H19IN2O2S. The topological polar surface area (TPSA) is 48.0 Å². The first kappa shape index (κ1) is 19.3. The molecule has 2 aromatic heterocycles. The summed E-state index contributed by atoms with van der Waals surface area (Å²) in [5, 5.41) is 1.76. The molecule has 6 heteroatoms. The van der Waals surface area contributed by atoms with Gasteiger partial charge in [-0.2, -0.15) is 0 Å². The zero-order chi connectivity index (χ0) is 19.7. The van der Waals surface area contributed by atoms with Crippen LogP contribution >= 0.6 is 34.4 Å². The van der Waals surface area contributed by atoms with Crippen LogP contribution in [0, 0.1) is 9.49 Å². The van der Waals surface area contributed by atoms with Crippen molar-refractivity contribution in [2.75, 3.05) is 5.75 Å². The minimum Gasteiger partial charge on any atom is -0.422 e. The number of benzene rings is 2. The van der Waals surface area contributed by atoms with E-state index in [2.05, 4.69) is 60.7 Å². The third kappa shape index (κ3) is 4.03. The molecule has 28 heavy (non-hydrogen) atoms. The van der Waals surface area contributed by atoms with E-state index in [-0.39, 0.29) is 5.63 Å². The second kappa shape index (κ2) is 8.13. The Kier molecular flexibility index (Phi) is 5.59. The summed E-state index contributed by atoms with van der Waals surface area (Å²) in [4.78, 5) is 17.4. The van der Waals surface area contributed by atoms with Crippen LogP contribution in [-0.4, -0.2) is 15.3 Å². The summed E-state index contributed by atoms with van der Waals surface area (Å²) in [6, 6.07) is 17.6. The van der Waals surface area contributed by atoms with Gasteiger partial charge in [-0.3, -0.25) is 4.57 Å². The highest BCUT2D eigenvalue weighted by Crippen LogP contribution is 2.28. The first-order valence-electron chi connectivity index (χ1n) is 9.02. The molecule has 4 aromatic rings. The van der Waals surface area contributed by atoms with Crippen LogP contribution in [0.4, 0.5) is 0 Å². The Labute approximate surface area is 181 Å². The molecule has 0 aliphatic heterocycles. The Morgan fingerprint density at radius 3 is 2.64 bits per heavy atom. The van der Waals surface area contributed by atoms with Gasteiger partial charge < -0.3 is 4.42 Å². The van der Waals surface area contributed by atoms with Crippen molar-refractivity contribution < 1.29 is 4.42 Å². The Bertz CT molecular complexity index is 1180. The zero-order valence-corrected chi connectivity index (χ0v) is 18.5. The molecule has 4 rings (SSSR count). The fraction of sp³-hybridized carbons (Fsp3) is 0.182. The van der Waals surface area contributed by atoms with Gasteiger partial charge in [-0.05, 0) is 64.9 Å². The predicted molar refractivity (Wildman–Crippen MR) is 123 cm³/mol. The molecule has 0 saturated heterocycles. The van der Waals surface area contributed by atoms with E-state index in [0.29, 0.717) is 22.8 Å². The lowest BCUT2D eigenvalue weighted by Crippen LogP contribution is -2.02. The maximum Gasteiger partial charge on any atom is 0.345 e. The van der Waals surface area contributed by atoms with Crippen molar-refractivity contribution in [1.29, 1.82) is 0 Å². The number of fused-ring (bicyclic) bond motifs is 1. The van der Waals surface area contributed by atoms with Crippen molar-refractivity contribution in [2.45, 2.75) is 19.0 Å². The van der Waals surface area contributed by atoms with Crippen LogP contribution < -0.4 is 5.63 Å².